The summed E-state index contributed by atoms with van der Waals surface area (Å²) in [5.74, 6) is 0. The number of likely N-dealkylation sites (N-methyl/N-ethyl adjacent to an activating group) is 1. The minimum absolute atomic E-state index is 0.496. The van der Waals surface area contributed by atoms with Crippen LogP contribution in [0.25, 0.3) is 0 Å². The van der Waals surface area contributed by atoms with Crippen molar-refractivity contribution < 1.29 is 0 Å². The number of anilines is 1. The first-order valence-corrected chi connectivity index (χ1v) is 7.43. The maximum absolute atomic E-state index is 8.83. The highest BCUT2D eigenvalue weighted by atomic mass is 32.1. The van der Waals surface area contributed by atoms with E-state index in [0.29, 0.717) is 6.42 Å². The fourth-order valence-electron chi connectivity index (χ4n) is 2.25. The molecular weight excluding hydrogens is 244 g/mol. The van der Waals surface area contributed by atoms with Crippen LogP contribution < -0.4 is 4.90 Å². The summed E-state index contributed by atoms with van der Waals surface area (Å²) in [5, 5.41) is 9.94. The van der Waals surface area contributed by atoms with Crippen LogP contribution in [0.1, 0.15) is 24.4 Å². The first-order valence-electron chi connectivity index (χ1n) is 6.61. The van der Waals surface area contributed by atoms with Crippen LogP contribution in [-0.4, -0.2) is 42.6 Å². The summed E-state index contributed by atoms with van der Waals surface area (Å²) in [6, 6.07) is 2.23. The van der Waals surface area contributed by atoms with E-state index in [-0.39, 0.29) is 0 Å². The van der Waals surface area contributed by atoms with Gasteiger partial charge in [0.1, 0.15) is 0 Å². The Balaban J connectivity index is 2.07. The number of aryl methyl sites for hydroxylation is 1. The highest BCUT2D eigenvalue weighted by Crippen LogP contribution is 2.27. The lowest BCUT2D eigenvalue weighted by molar-refractivity contribution is 0.271. The van der Waals surface area contributed by atoms with Crippen LogP contribution in [0.3, 0.4) is 0 Å². The smallest absolute Gasteiger partial charge is 0.185 e. The molecule has 1 saturated heterocycles. The van der Waals surface area contributed by atoms with Crippen LogP contribution in [0.2, 0.25) is 0 Å². The van der Waals surface area contributed by atoms with E-state index >= 15 is 0 Å². The van der Waals surface area contributed by atoms with Gasteiger partial charge in [-0.25, -0.2) is 4.98 Å². The van der Waals surface area contributed by atoms with Crippen LogP contribution in [0.4, 0.5) is 5.13 Å². The average molecular weight is 264 g/mol. The fourth-order valence-corrected chi connectivity index (χ4v) is 3.38. The Kier molecular flexibility index (Phi) is 4.56. The Labute approximate surface area is 113 Å². The zero-order valence-corrected chi connectivity index (χ0v) is 12.0. The molecule has 2 heterocycles. The molecule has 0 aromatic carbocycles. The Morgan fingerprint density at radius 3 is 2.56 bits per heavy atom. The first kappa shape index (κ1) is 13.3. The summed E-state index contributed by atoms with van der Waals surface area (Å²) in [4.78, 5) is 10.7. The van der Waals surface area contributed by atoms with E-state index in [1.165, 1.54) is 0 Å². The third kappa shape index (κ3) is 2.82. The van der Waals surface area contributed by atoms with Gasteiger partial charge in [-0.1, -0.05) is 13.8 Å². The molecule has 18 heavy (non-hydrogen) atoms. The van der Waals surface area contributed by atoms with Crippen molar-refractivity contribution in [1.29, 1.82) is 5.26 Å². The number of rotatable bonds is 4. The van der Waals surface area contributed by atoms with Crippen molar-refractivity contribution in [2.75, 3.05) is 37.6 Å². The van der Waals surface area contributed by atoms with E-state index in [2.05, 4.69) is 29.7 Å². The molecule has 0 atom stereocenters. The monoisotopic (exact) mass is 264 g/mol. The molecular formula is C13H20N4S. The zero-order chi connectivity index (χ0) is 13.0. The SMILES string of the molecule is CCc1nc(N2CCN(CC)CC2)sc1CC#N. The summed E-state index contributed by atoms with van der Waals surface area (Å²) in [5.41, 5.74) is 1.11. The summed E-state index contributed by atoms with van der Waals surface area (Å²) in [7, 11) is 0. The second-order valence-electron chi connectivity index (χ2n) is 4.48. The fraction of sp³-hybridized carbons (Fsp3) is 0.692. The van der Waals surface area contributed by atoms with E-state index in [1.54, 1.807) is 11.3 Å². The lowest BCUT2D eigenvalue weighted by Crippen LogP contribution is -2.46. The van der Waals surface area contributed by atoms with Crippen molar-refractivity contribution in [3.05, 3.63) is 10.6 Å². The van der Waals surface area contributed by atoms with E-state index < -0.39 is 0 Å². The number of piperazine rings is 1. The lowest BCUT2D eigenvalue weighted by Gasteiger charge is -2.33. The van der Waals surface area contributed by atoms with Gasteiger partial charge in [-0.2, -0.15) is 5.26 Å². The molecule has 0 saturated carbocycles. The number of hydrogen-bond acceptors (Lipinski definition) is 5. The quantitative estimate of drug-likeness (QED) is 0.833. The van der Waals surface area contributed by atoms with E-state index in [4.69, 9.17) is 10.2 Å². The molecule has 0 spiro atoms. The topological polar surface area (TPSA) is 43.2 Å². The number of hydrogen-bond donors (Lipinski definition) is 0. The molecule has 1 aliphatic heterocycles. The second-order valence-corrected chi connectivity index (χ2v) is 5.54. The lowest BCUT2D eigenvalue weighted by atomic mass is 10.2. The standard InChI is InChI=1S/C13H20N4S/c1-3-11-12(5-6-14)18-13(15-11)17-9-7-16(4-2)8-10-17/h3-5,7-10H2,1-2H3. The molecule has 98 valence electrons. The summed E-state index contributed by atoms with van der Waals surface area (Å²) < 4.78 is 0. The number of thiazole rings is 1. The van der Waals surface area contributed by atoms with Crippen molar-refractivity contribution in [2.45, 2.75) is 26.7 Å². The summed E-state index contributed by atoms with van der Waals surface area (Å²) in [6.45, 7) is 9.78. The molecule has 0 unspecified atom stereocenters. The van der Waals surface area contributed by atoms with Gasteiger partial charge >= 0.3 is 0 Å². The molecule has 4 nitrogen and oxygen atoms in total. The van der Waals surface area contributed by atoms with E-state index in [1.807, 2.05) is 0 Å². The van der Waals surface area contributed by atoms with Crippen molar-refractivity contribution in [3.8, 4) is 6.07 Å². The van der Waals surface area contributed by atoms with Gasteiger partial charge in [0, 0.05) is 31.1 Å². The van der Waals surface area contributed by atoms with Gasteiger partial charge in [0.05, 0.1) is 18.2 Å². The molecule has 1 aromatic rings. The molecule has 0 radical (unpaired) electrons. The average Bonchev–Trinajstić information content (AvgIpc) is 2.82. The minimum Gasteiger partial charge on any atom is -0.346 e. The van der Waals surface area contributed by atoms with Crippen molar-refractivity contribution in [3.63, 3.8) is 0 Å². The molecule has 2 rings (SSSR count). The summed E-state index contributed by atoms with van der Waals surface area (Å²) >= 11 is 1.70. The highest BCUT2D eigenvalue weighted by Gasteiger charge is 2.20. The first-order chi connectivity index (χ1) is 8.78. The maximum atomic E-state index is 8.83. The van der Waals surface area contributed by atoms with Crippen molar-refractivity contribution in [2.24, 2.45) is 0 Å². The Hall–Kier alpha value is -1.12. The van der Waals surface area contributed by atoms with Gasteiger partial charge in [0.25, 0.3) is 0 Å². The van der Waals surface area contributed by atoms with Crippen LogP contribution >= 0.6 is 11.3 Å². The van der Waals surface area contributed by atoms with Gasteiger partial charge in [-0.3, -0.25) is 0 Å². The number of nitrogens with zero attached hydrogens (tertiary/aromatic N) is 4. The van der Waals surface area contributed by atoms with Crippen LogP contribution in [0.15, 0.2) is 0 Å². The van der Waals surface area contributed by atoms with Crippen LogP contribution in [0.5, 0.6) is 0 Å². The second kappa shape index (κ2) is 6.17. The minimum atomic E-state index is 0.496. The molecule has 0 amide bonds. The van der Waals surface area contributed by atoms with Gasteiger partial charge in [0.15, 0.2) is 5.13 Å². The molecule has 1 fully saturated rings. The largest absolute Gasteiger partial charge is 0.346 e. The predicted octanol–water partition coefficient (Wildman–Crippen LogP) is 1.91. The molecule has 5 heteroatoms. The number of aromatic nitrogens is 1. The molecule has 0 N–H and O–H groups in total. The Morgan fingerprint density at radius 2 is 2.00 bits per heavy atom. The number of nitriles is 1. The Morgan fingerprint density at radius 1 is 1.28 bits per heavy atom. The van der Waals surface area contributed by atoms with Gasteiger partial charge in [0.2, 0.25) is 0 Å². The van der Waals surface area contributed by atoms with Crippen LogP contribution in [-0.2, 0) is 12.8 Å². The third-order valence-corrected chi connectivity index (χ3v) is 4.59. The molecule has 0 bridgehead atoms. The van der Waals surface area contributed by atoms with Crippen molar-refractivity contribution in [1.82, 2.24) is 9.88 Å². The predicted molar refractivity (Wildman–Crippen MR) is 75.1 cm³/mol. The summed E-state index contributed by atoms with van der Waals surface area (Å²) in [6.07, 6.45) is 1.41. The van der Waals surface area contributed by atoms with E-state index in [9.17, 15) is 0 Å². The molecule has 0 aliphatic carbocycles. The van der Waals surface area contributed by atoms with E-state index in [0.717, 1.165) is 54.8 Å². The van der Waals surface area contributed by atoms with Crippen molar-refractivity contribution >= 4 is 16.5 Å². The normalized spacial score (nSPS) is 16.8. The van der Waals surface area contributed by atoms with Gasteiger partial charge in [-0.15, -0.1) is 11.3 Å². The van der Waals surface area contributed by atoms with Gasteiger partial charge in [-0.05, 0) is 13.0 Å². The molecule has 1 aromatic heterocycles. The Bertz CT molecular complexity index is 427. The zero-order valence-electron chi connectivity index (χ0n) is 11.1. The van der Waals surface area contributed by atoms with Gasteiger partial charge < -0.3 is 9.80 Å². The molecule has 1 aliphatic rings. The third-order valence-electron chi connectivity index (χ3n) is 3.43. The maximum Gasteiger partial charge on any atom is 0.185 e. The highest BCUT2D eigenvalue weighted by molar-refractivity contribution is 7.15. The van der Waals surface area contributed by atoms with Crippen LogP contribution in [0, 0.1) is 11.3 Å².